The number of nitrogens with zero attached hydrogens (tertiary/aromatic N) is 1. The number of hydrogen-bond acceptors (Lipinski definition) is 3. The summed E-state index contributed by atoms with van der Waals surface area (Å²) in [5.74, 6) is -1.35. The van der Waals surface area contributed by atoms with E-state index in [1.165, 1.54) is 17.2 Å². The molecule has 166 valence electrons. The average Bonchev–Trinajstić information content (AvgIpc) is 3.48. The number of amides is 2. The van der Waals surface area contributed by atoms with Gasteiger partial charge < -0.3 is 9.73 Å². The highest BCUT2D eigenvalue weighted by Gasteiger charge is 2.38. The molecule has 1 saturated carbocycles. The third-order valence-electron chi connectivity index (χ3n) is 6.04. The summed E-state index contributed by atoms with van der Waals surface area (Å²) in [4.78, 5) is 28.8. The Balaban J connectivity index is 1.88. The molecule has 3 aromatic rings. The number of nitrogens with one attached hydrogen (secondary N) is 1. The van der Waals surface area contributed by atoms with Crippen LogP contribution in [0.15, 0.2) is 65.3 Å². The molecule has 2 aromatic carbocycles. The lowest BCUT2D eigenvalue weighted by Gasteiger charge is -2.33. The number of furan rings is 1. The summed E-state index contributed by atoms with van der Waals surface area (Å²) >= 11 is 0. The molecular weight excluding hydrogens is 407 g/mol. The molecule has 0 radical (unpaired) electrons. The average molecular weight is 435 g/mol. The van der Waals surface area contributed by atoms with Crippen molar-refractivity contribution in [3.63, 3.8) is 0 Å². The number of halogens is 1. The Morgan fingerprint density at radius 1 is 1.00 bits per heavy atom. The molecule has 4 rings (SSSR count). The van der Waals surface area contributed by atoms with Crippen molar-refractivity contribution in [2.24, 2.45) is 0 Å². The van der Waals surface area contributed by atoms with Gasteiger partial charge in [-0.05, 0) is 56.0 Å². The standard InChI is InChI=1S/C26H27FN2O3/c1-17-9-7-10-18(2)23(17)29(26(31)22-15-8-16-32-22)24(20-13-5-6-14-21(20)27)25(30)28-19-11-3-4-12-19/h5-10,13-16,19,24H,3-4,11-12H2,1-2H3,(H,28,30). The molecule has 1 aliphatic rings. The summed E-state index contributed by atoms with van der Waals surface area (Å²) in [7, 11) is 0. The predicted molar refractivity (Wildman–Crippen MR) is 121 cm³/mol. The minimum Gasteiger partial charge on any atom is -0.459 e. The van der Waals surface area contributed by atoms with Crippen LogP contribution in [0.4, 0.5) is 10.1 Å². The lowest BCUT2D eigenvalue weighted by molar-refractivity contribution is -0.123. The highest BCUT2D eigenvalue weighted by Crippen LogP contribution is 2.36. The van der Waals surface area contributed by atoms with E-state index in [-0.39, 0.29) is 17.4 Å². The number of para-hydroxylation sites is 1. The van der Waals surface area contributed by atoms with Gasteiger partial charge in [-0.1, -0.05) is 49.2 Å². The second-order valence-electron chi connectivity index (χ2n) is 8.31. The normalized spacial score (nSPS) is 14.8. The first-order valence-electron chi connectivity index (χ1n) is 11.0. The highest BCUT2D eigenvalue weighted by atomic mass is 19.1. The summed E-state index contributed by atoms with van der Waals surface area (Å²) in [6.07, 6.45) is 5.26. The van der Waals surface area contributed by atoms with Crippen LogP contribution in [-0.4, -0.2) is 17.9 Å². The fourth-order valence-corrected chi connectivity index (χ4v) is 4.50. The summed E-state index contributed by atoms with van der Waals surface area (Å²) in [6, 6.07) is 13.8. The Morgan fingerprint density at radius 2 is 1.69 bits per heavy atom. The van der Waals surface area contributed by atoms with E-state index in [2.05, 4.69) is 5.32 Å². The third kappa shape index (κ3) is 4.31. The Morgan fingerprint density at radius 3 is 2.31 bits per heavy atom. The summed E-state index contributed by atoms with van der Waals surface area (Å²) in [6.45, 7) is 3.75. The number of hydrogen-bond donors (Lipinski definition) is 1. The molecule has 0 spiro atoms. The van der Waals surface area contributed by atoms with Crippen molar-refractivity contribution < 1.29 is 18.4 Å². The fraction of sp³-hybridized carbons (Fsp3) is 0.308. The number of anilines is 1. The minimum atomic E-state index is -1.19. The van der Waals surface area contributed by atoms with Gasteiger partial charge in [-0.3, -0.25) is 14.5 Å². The molecule has 1 aliphatic carbocycles. The van der Waals surface area contributed by atoms with E-state index in [1.54, 1.807) is 30.3 Å². The molecule has 32 heavy (non-hydrogen) atoms. The molecule has 0 aliphatic heterocycles. The van der Waals surface area contributed by atoms with E-state index < -0.39 is 23.7 Å². The molecule has 1 N–H and O–H groups in total. The van der Waals surface area contributed by atoms with Crippen LogP contribution in [0.1, 0.15) is 59.0 Å². The maximum absolute atomic E-state index is 15.1. The largest absolute Gasteiger partial charge is 0.459 e. The number of rotatable bonds is 6. The van der Waals surface area contributed by atoms with Crippen molar-refractivity contribution >= 4 is 17.5 Å². The SMILES string of the molecule is Cc1cccc(C)c1N(C(=O)c1ccco1)C(C(=O)NC1CCCC1)c1ccccc1F. The van der Waals surface area contributed by atoms with E-state index in [4.69, 9.17) is 4.42 Å². The molecule has 1 atom stereocenters. The van der Waals surface area contributed by atoms with Crippen LogP contribution >= 0.6 is 0 Å². The minimum absolute atomic E-state index is 0.0234. The van der Waals surface area contributed by atoms with Crippen molar-refractivity contribution in [3.05, 3.63) is 89.1 Å². The first-order chi connectivity index (χ1) is 15.5. The van der Waals surface area contributed by atoms with Crippen LogP contribution in [0.3, 0.4) is 0 Å². The number of carbonyl (C=O) groups excluding carboxylic acids is 2. The van der Waals surface area contributed by atoms with Gasteiger partial charge in [0.1, 0.15) is 11.9 Å². The first-order valence-corrected chi connectivity index (χ1v) is 11.0. The van der Waals surface area contributed by atoms with Gasteiger partial charge in [0.25, 0.3) is 5.91 Å². The van der Waals surface area contributed by atoms with Gasteiger partial charge >= 0.3 is 0 Å². The van der Waals surface area contributed by atoms with Crippen LogP contribution in [-0.2, 0) is 4.79 Å². The molecule has 1 fully saturated rings. The van der Waals surface area contributed by atoms with Crippen molar-refractivity contribution in [1.82, 2.24) is 5.32 Å². The molecule has 1 aromatic heterocycles. The Bertz CT molecular complexity index is 1080. The quantitative estimate of drug-likeness (QED) is 0.559. The predicted octanol–water partition coefficient (Wildman–Crippen LogP) is 5.48. The van der Waals surface area contributed by atoms with Crippen LogP contribution in [0.25, 0.3) is 0 Å². The van der Waals surface area contributed by atoms with Gasteiger partial charge in [0.05, 0.1) is 12.0 Å². The summed E-state index contributed by atoms with van der Waals surface area (Å²) in [5.41, 5.74) is 2.33. The fourth-order valence-electron chi connectivity index (χ4n) is 4.50. The maximum atomic E-state index is 15.1. The smallest absolute Gasteiger partial charge is 0.294 e. The summed E-state index contributed by atoms with van der Waals surface area (Å²) < 4.78 is 20.4. The maximum Gasteiger partial charge on any atom is 0.294 e. The molecule has 5 nitrogen and oxygen atoms in total. The molecule has 6 heteroatoms. The van der Waals surface area contributed by atoms with Crippen LogP contribution in [0.2, 0.25) is 0 Å². The molecule has 2 amide bonds. The zero-order chi connectivity index (χ0) is 22.7. The molecule has 0 bridgehead atoms. The second kappa shape index (κ2) is 9.39. The topological polar surface area (TPSA) is 62.6 Å². The van der Waals surface area contributed by atoms with Crippen molar-refractivity contribution in [2.45, 2.75) is 51.6 Å². The second-order valence-corrected chi connectivity index (χ2v) is 8.31. The molecule has 1 unspecified atom stereocenters. The zero-order valence-electron chi connectivity index (χ0n) is 18.3. The van der Waals surface area contributed by atoms with Gasteiger partial charge in [0.2, 0.25) is 5.91 Å². The first kappa shape index (κ1) is 21.8. The van der Waals surface area contributed by atoms with E-state index >= 15 is 4.39 Å². The van der Waals surface area contributed by atoms with E-state index in [0.29, 0.717) is 5.69 Å². The molecular formula is C26H27FN2O3. The van der Waals surface area contributed by atoms with Gasteiger partial charge in [0, 0.05) is 11.6 Å². The van der Waals surface area contributed by atoms with Gasteiger partial charge in [-0.2, -0.15) is 0 Å². The van der Waals surface area contributed by atoms with Crippen LogP contribution in [0.5, 0.6) is 0 Å². The lowest BCUT2D eigenvalue weighted by atomic mass is 9.98. The van der Waals surface area contributed by atoms with Crippen LogP contribution < -0.4 is 10.2 Å². The van der Waals surface area contributed by atoms with Crippen molar-refractivity contribution in [2.75, 3.05) is 4.90 Å². The van der Waals surface area contributed by atoms with Gasteiger partial charge in [0.15, 0.2) is 5.76 Å². The molecule has 0 saturated heterocycles. The number of carbonyl (C=O) groups is 2. The number of benzene rings is 2. The zero-order valence-corrected chi connectivity index (χ0v) is 18.3. The Kier molecular flexibility index (Phi) is 6.40. The summed E-state index contributed by atoms with van der Waals surface area (Å²) in [5, 5.41) is 3.06. The monoisotopic (exact) mass is 434 g/mol. The van der Waals surface area contributed by atoms with Crippen molar-refractivity contribution in [1.29, 1.82) is 0 Å². The van der Waals surface area contributed by atoms with E-state index in [9.17, 15) is 9.59 Å². The van der Waals surface area contributed by atoms with Gasteiger partial charge in [-0.25, -0.2) is 4.39 Å². The number of aryl methyl sites for hydroxylation is 2. The van der Waals surface area contributed by atoms with Crippen molar-refractivity contribution in [3.8, 4) is 0 Å². The molecule has 1 heterocycles. The highest BCUT2D eigenvalue weighted by molar-refractivity contribution is 6.09. The third-order valence-corrected chi connectivity index (χ3v) is 6.04. The Labute approximate surface area is 187 Å². The lowest BCUT2D eigenvalue weighted by Crippen LogP contribution is -2.47. The van der Waals surface area contributed by atoms with E-state index in [0.717, 1.165) is 36.8 Å². The van der Waals surface area contributed by atoms with E-state index in [1.807, 2.05) is 32.0 Å². The Hall–Kier alpha value is -3.41. The van der Waals surface area contributed by atoms with Gasteiger partial charge in [-0.15, -0.1) is 0 Å². The van der Waals surface area contributed by atoms with Crippen LogP contribution in [0, 0.1) is 19.7 Å².